The highest BCUT2D eigenvalue weighted by atomic mass is 16.5. The molecule has 1 aliphatic heterocycles. The molecule has 3 atom stereocenters. The molecule has 2 aromatic rings. The molecule has 172 valence electrons. The number of carbonyl (C=O) groups excluding carboxylic acids is 1. The van der Waals surface area contributed by atoms with Gasteiger partial charge in [-0.3, -0.25) is 4.79 Å². The van der Waals surface area contributed by atoms with Gasteiger partial charge in [0.25, 0.3) is 5.91 Å². The molecule has 1 saturated carbocycles. The molecule has 1 N–H and O–H groups in total. The molecule has 0 radical (unpaired) electrons. The fraction of sp³-hybridized carbons (Fsp3) is 0.519. The van der Waals surface area contributed by atoms with Crippen LogP contribution in [0.25, 0.3) is 0 Å². The number of fused-ring (bicyclic) bond motifs is 1. The zero-order valence-electron chi connectivity index (χ0n) is 19.6. The third-order valence-electron chi connectivity index (χ3n) is 7.53. The highest BCUT2D eigenvalue weighted by molar-refractivity contribution is 5.97. The molecule has 1 amide bonds. The Labute approximate surface area is 192 Å². The molecular weight excluding hydrogens is 400 g/mol. The normalized spacial score (nSPS) is 25.2. The Bertz CT molecular complexity index is 925. The third-order valence-corrected chi connectivity index (χ3v) is 7.53. The lowest BCUT2D eigenvalue weighted by atomic mass is 9.66. The summed E-state index contributed by atoms with van der Waals surface area (Å²) in [5.74, 6) is 0.619. The number of rotatable bonds is 6. The van der Waals surface area contributed by atoms with Crippen LogP contribution in [0.1, 0.15) is 67.9 Å². The van der Waals surface area contributed by atoms with E-state index in [0.717, 1.165) is 44.3 Å². The zero-order valence-corrected chi connectivity index (χ0v) is 19.6. The molecule has 0 bridgehead atoms. The molecule has 4 rings (SSSR count). The van der Waals surface area contributed by atoms with E-state index in [9.17, 15) is 9.90 Å². The largest absolute Gasteiger partial charge is 0.496 e. The number of nitrogens with zero attached hydrogens (tertiary/aromatic N) is 2. The molecular formula is C27H36N2O3. The first-order valence-corrected chi connectivity index (χ1v) is 12.0. The van der Waals surface area contributed by atoms with Crippen molar-refractivity contribution < 1.29 is 14.6 Å². The van der Waals surface area contributed by atoms with Gasteiger partial charge in [0.1, 0.15) is 5.75 Å². The van der Waals surface area contributed by atoms with E-state index in [1.807, 2.05) is 29.2 Å². The molecule has 2 fully saturated rings. The van der Waals surface area contributed by atoms with Crippen LogP contribution in [-0.4, -0.2) is 48.3 Å². The van der Waals surface area contributed by atoms with E-state index in [1.165, 1.54) is 5.69 Å². The van der Waals surface area contributed by atoms with Crippen molar-refractivity contribution in [1.82, 2.24) is 4.90 Å². The predicted octanol–water partition coefficient (Wildman–Crippen LogP) is 5.05. The van der Waals surface area contributed by atoms with Crippen molar-refractivity contribution in [2.75, 3.05) is 31.6 Å². The number of likely N-dealkylation sites (tertiary alicyclic amines) is 1. The van der Waals surface area contributed by atoms with E-state index in [2.05, 4.69) is 43.0 Å². The second-order valence-electron chi connectivity index (χ2n) is 9.11. The topological polar surface area (TPSA) is 53.0 Å². The van der Waals surface area contributed by atoms with Crippen LogP contribution in [0.15, 0.2) is 48.5 Å². The molecule has 0 spiro atoms. The molecule has 1 heterocycles. The van der Waals surface area contributed by atoms with Crippen LogP contribution in [0.5, 0.6) is 5.75 Å². The number of aliphatic hydroxyl groups is 1. The fourth-order valence-electron chi connectivity index (χ4n) is 5.77. The maximum absolute atomic E-state index is 13.8. The summed E-state index contributed by atoms with van der Waals surface area (Å²) < 4.78 is 5.49. The third kappa shape index (κ3) is 4.11. The van der Waals surface area contributed by atoms with Crippen molar-refractivity contribution in [3.8, 4) is 5.75 Å². The number of para-hydroxylation sites is 1. The number of benzene rings is 2. The monoisotopic (exact) mass is 436 g/mol. The van der Waals surface area contributed by atoms with E-state index in [4.69, 9.17) is 4.74 Å². The van der Waals surface area contributed by atoms with Crippen molar-refractivity contribution in [2.45, 2.75) is 57.6 Å². The number of methoxy groups -OCH3 is 1. The Morgan fingerprint density at radius 2 is 1.81 bits per heavy atom. The van der Waals surface area contributed by atoms with Gasteiger partial charge < -0.3 is 19.6 Å². The van der Waals surface area contributed by atoms with Crippen LogP contribution in [0.4, 0.5) is 5.69 Å². The van der Waals surface area contributed by atoms with Gasteiger partial charge in [0.2, 0.25) is 0 Å². The number of amides is 1. The van der Waals surface area contributed by atoms with E-state index in [1.54, 1.807) is 7.11 Å². The first-order valence-electron chi connectivity index (χ1n) is 12.0. The molecule has 5 heteroatoms. The summed E-state index contributed by atoms with van der Waals surface area (Å²) in [6, 6.07) is 15.9. The Hall–Kier alpha value is -2.53. The van der Waals surface area contributed by atoms with Crippen LogP contribution in [0, 0.1) is 5.92 Å². The molecule has 0 aromatic heterocycles. The number of piperidine rings is 1. The Kier molecular flexibility index (Phi) is 6.75. The van der Waals surface area contributed by atoms with Crippen LogP contribution in [0.2, 0.25) is 0 Å². The molecule has 2 aromatic carbocycles. The standard InChI is InChI=1S/C27H36N2O3/c1-4-28(5-2)21-15-13-20(14-16-21)25-23-11-8-9-17-27(23,31)18-19-29(25)26(30)22-10-6-7-12-24(22)32-3/h6-7,10,12-16,23,25,31H,4-5,8-9,11,17-19H2,1-3H3/t23-,25+,27-/m0/s1. The van der Waals surface area contributed by atoms with Crippen molar-refractivity contribution in [3.05, 3.63) is 59.7 Å². The first-order chi connectivity index (χ1) is 15.5. The fourth-order valence-corrected chi connectivity index (χ4v) is 5.77. The Morgan fingerprint density at radius 1 is 1.09 bits per heavy atom. The second kappa shape index (κ2) is 9.53. The molecule has 2 aliphatic rings. The smallest absolute Gasteiger partial charge is 0.258 e. The first kappa shape index (κ1) is 22.7. The zero-order chi connectivity index (χ0) is 22.7. The Morgan fingerprint density at radius 3 is 2.50 bits per heavy atom. The van der Waals surface area contributed by atoms with Crippen LogP contribution in [-0.2, 0) is 0 Å². The maximum Gasteiger partial charge on any atom is 0.258 e. The summed E-state index contributed by atoms with van der Waals surface area (Å²) in [6.45, 7) is 6.79. The summed E-state index contributed by atoms with van der Waals surface area (Å²) in [5.41, 5.74) is 2.18. The number of carbonyl (C=O) groups is 1. The summed E-state index contributed by atoms with van der Waals surface area (Å²) >= 11 is 0. The Balaban J connectivity index is 1.73. The van der Waals surface area contributed by atoms with Gasteiger partial charge in [-0.1, -0.05) is 37.1 Å². The average molecular weight is 437 g/mol. The molecule has 32 heavy (non-hydrogen) atoms. The van der Waals surface area contributed by atoms with Crippen molar-refractivity contribution in [2.24, 2.45) is 5.92 Å². The average Bonchev–Trinajstić information content (AvgIpc) is 2.84. The number of hydrogen-bond donors (Lipinski definition) is 1. The summed E-state index contributed by atoms with van der Waals surface area (Å²) in [6.07, 6.45) is 4.54. The van der Waals surface area contributed by atoms with Gasteiger partial charge >= 0.3 is 0 Å². The summed E-state index contributed by atoms with van der Waals surface area (Å²) in [5, 5.41) is 11.5. The maximum atomic E-state index is 13.8. The van der Waals surface area contributed by atoms with Gasteiger partial charge in [-0.2, -0.15) is 0 Å². The highest BCUT2D eigenvalue weighted by Gasteiger charge is 2.50. The van der Waals surface area contributed by atoms with Crippen molar-refractivity contribution in [1.29, 1.82) is 0 Å². The van der Waals surface area contributed by atoms with Crippen molar-refractivity contribution in [3.63, 3.8) is 0 Å². The molecule has 1 saturated heterocycles. The summed E-state index contributed by atoms with van der Waals surface area (Å²) in [4.78, 5) is 18.1. The van der Waals surface area contributed by atoms with Crippen LogP contribution >= 0.6 is 0 Å². The second-order valence-corrected chi connectivity index (χ2v) is 9.11. The minimum atomic E-state index is -0.696. The minimum absolute atomic E-state index is 0.0205. The lowest BCUT2D eigenvalue weighted by molar-refractivity contribution is -0.115. The number of anilines is 1. The number of hydrogen-bond acceptors (Lipinski definition) is 4. The van der Waals surface area contributed by atoms with Gasteiger partial charge in [0.05, 0.1) is 24.3 Å². The van der Waals surface area contributed by atoms with Gasteiger partial charge in [-0.15, -0.1) is 0 Å². The van der Waals surface area contributed by atoms with Gasteiger partial charge in [-0.05, 0) is 62.9 Å². The molecule has 5 nitrogen and oxygen atoms in total. The highest BCUT2D eigenvalue weighted by Crippen LogP contribution is 2.50. The van der Waals surface area contributed by atoms with E-state index < -0.39 is 5.60 Å². The summed E-state index contributed by atoms with van der Waals surface area (Å²) in [7, 11) is 1.60. The van der Waals surface area contributed by atoms with Crippen LogP contribution < -0.4 is 9.64 Å². The minimum Gasteiger partial charge on any atom is -0.496 e. The van der Waals surface area contributed by atoms with Gasteiger partial charge in [0.15, 0.2) is 0 Å². The molecule has 0 unspecified atom stereocenters. The van der Waals surface area contributed by atoms with E-state index >= 15 is 0 Å². The van der Waals surface area contributed by atoms with Crippen LogP contribution in [0.3, 0.4) is 0 Å². The molecule has 1 aliphatic carbocycles. The van der Waals surface area contributed by atoms with E-state index in [-0.39, 0.29) is 17.9 Å². The lowest BCUT2D eigenvalue weighted by Gasteiger charge is -2.52. The van der Waals surface area contributed by atoms with Crippen molar-refractivity contribution >= 4 is 11.6 Å². The van der Waals surface area contributed by atoms with Gasteiger partial charge in [0, 0.05) is 31.2 Å². The quantitative estimate of drug-likeness (QED) is 0.688. The van der Waals surface area contributed by atoms with Gasteiger partial charge in [-0.25, -0.2) is 0 Å². The number of ether oxygens (including phenoxy) is 1. The lowest BCUT2D eigenvalue weighted by Crippen LogP contribution is -2.56. The predicted molar refractivity (Wildman–Crippen MR) is 128 cm³/mol. The van der Waals surface area contributed by atoms with E-state index in [0.29, 0.717) is 24.3 Å². The SMILES string of the molecule is CCN(CC)c1ccc([C@@H]2[C@@H]3CCCC[C@]3(O)CCN2C(=O)c2ccccc2OC)cc1.